The SMILES string of the molecule is CCC[C@H](NC(=O)[C@@H](C)NC(=O)c1ccoc1)c1ccccc1. The van der Waals surface area contributed by atoms with E-state index in [1.165, 1.54) is 12.5 Å². The van der Waals surface area contributed by atoms with Crippen molar-refractivity contribution in [2.45, 2.75) is 38.8 Å². The molecular weight excluding hydrogens is 292 g/mol. The van der Waals surface area contributed by atoms with E-state index in [4.69, 9.17) is 4.42 Å². The predicted molar refractivity (Wildman–Crippen MR) is 87.9 cm³/mol. The molecule has 23 heavy (non-hydrogen) atoms. The van der Waals surface area contributed by atoms with Gasteiger partial charge in [-0.15, -0.1) is 0 Å². The molecule has 0 aliphatic heterocycles. The van der Waals surface area contributed by atoms with Gasteiger partial charge in [-0.2, -0.15) is 0 Å². The number of carbonyl (C=O) groups excluding carboxylic acids is 2. The van der Waals surface area contributed by atoms with Crippen molar-refractivity contribution in [2.75, 3.05) is 0 Å². The normalized spacial score (nSPS) is 13.1. The lowest BCUT2D eigenvalue weighted by Crippen LogP contribution is -2.45. The first-order chi connectivity index (χ1) is 11.1. The van der Waals surface area contributed by atoms with Crippen molar-refractivity contribution >= 4 is 11.8 Å². The Hall–Kier alpha value is -2.56. The molecule has 0 radical (unpaired) electrons. The molecule has 0 unspecified atom stereocenters. The van der Waals surface area contributed by atoms with Crippen LogP contribution in [0, 0.1) is 0 Å². The number of hydrogen-bond donors (Lipinski definition) is 2. The Labute approximate surface area is 136 Å². The number of benzene rings is 1. The van der Waals surface area contributed by atoms with E-state index in [2.05, 4.69) is 17.6 Å². The van der Waals surface area contributed by atoms with Crippen LogP contribution in [-0.4, -0.2) is 17.9 Å². The fourth-order valence-corrected chi connectivity index (χ4v) is 2.33. The van der Waals surface area contributed by atoms with Gasteiger partial charge < -0.3 is 15.1 Å². The summed E-state index contributed by atoms with van der Waals surface area (Å²) in [6, 6.07) is 10.7. The Morgan fingerprint density at radius 2 is 1.87 bits per heavy atom. The molecule has 122 valence electrons. The standard InChI is InChI=1S/C18H22N2O3/c1-3-7-16(14-8-5-4-6-9-14)20-17(21)13(2)19-18(22)15-10-11-23-12-15/h4-6,8-13,16H,3,7H2,1-2H3,(H,19,22)(H,20,21)/t13-,16+/m1/s1. The highest BCUT2D eigenvalue weighted by atomic mass is 16.3. The van der Waals surface area contributed by atoms with Gasteiger partial charge in [0.25, 0.3) is 5.91 Å². The molecule has 0 bridgehead atoms. The van der Waals surface area contributed by atoms with Gasteiger partial charge in [0.2, 0.25) is 5.91 Å². The van der Waals surface area contributed by atoms with Gasteiger partial charge in [0.05, 0.1) is 17.9 Å². The first-order valence-corrected chi connectivity index (χ1v) is 7.80. The van der Waals surface area contributed by atoms with Crippen molar-refractivity contribution in [2.24, 2.45) is 0 Å². The molecule has 1 heterocycles. The summed E-state index contributed by atoms with van der Waals surface area (Å²) in [4.78, 5) is 24.3. The monoisotopic (exact) mass is 314 g/mol. The molecule has 2 rings (SSSR count). The topological polar surface area (TPSA) is 71.3 Å². The van der Waals surface area contributed by atoms with Gasteiger partial charge in [0.15, 0.2) is 0 Å². The average molecular weight is 314 g/mol. The largest absolute Gasteiger partial charge is 0.472 e. The summed E-state index contributed by atoms with van der Waals surface area (Å²) in [5, 5.41) is 5.68. The van der Waals surface area contributed by atoms with Crippen LogP contribution in [0.15, 0.2) is 53.3 Å². The van der Waals surface area contributed by atoms with Gasteiger partial charge in [-0.05, 0) is 25.0 Å². The molecule has 5 nitrogen and oxygen atoms in total. The number of furan rings is 1. The molecule has 0 saturated carbocycles. The zero-order valence-electron chi connectivity index (χ0n) is 13.4. The maximum Gasteiger partial charge on any atom is 0.255 e. The first-order valence-electron chi connectivity index (χ1n) is 7.80. The Kier molecular flexibility index (Phi) is 5.97. The second-order valence-electron chi connectivity index (χ2n) is 5.47. The maximum absolute atomic E-state index is 12.4. The third-order valence-electron chi connectivity index (χ3n) is 3.62. The van der Waals surface area contributed by atoms with Crippen LogP contribution in [0.1, 0.15) is 48.7 Å². The Bertz CT molecular complexity index is 623. The van der Waals surface area contributed by atoms with E-state index in [1.807, 2.05) is 30.3 Å². The fraction of sp³-hybridized carbons (Fsp3) is 0.333. The van der Waals surface area contributed by atoms with E-state index in [9.17, 15) is 9.59 Å². The molecule has 1 aromatic heterocycles. The first kappa shape index (κ1) is 16.8. The van der Waals surface area contributed by atoms with Crippen molar-refractivity contribution in [3.63, 3.8) is 0 Å². The van der Waals surface area contributed by atoms with E-state index >= 15 is 0 Å². The number of nitrogens with one attached hydrogen (secondary N) is 2. The number of hydrogen-bond acceptors (Lipinski definition) is 3. The zero-order chi connectivity index (χ0) is 16.7. The van der Waals surface area contributed by atoms with Crippen LogP contribution in [0.3, 0.4) is 0 Å². The third-order valence-corrected chi connectivity index (χ3v) is 3.62. The summed E-state index contributed by atoms with van der Waals surface area (Å²) in [5.74, 6) is -0.530. The van der Waals surface area contributed by atoms with Gasteiger partial charge >= 0.3 is 0 Å². The molecule has 0 aliphatic rings. The minimum atomic E-state index is -0.625. The van der Waals surface area contributed by atoms with E-state index < -0.39 is 6.04 Å². The van der Waals surface area contributed by atoms with Crippen molar-refractivity contribution < 1.29 is 14.0 Å². The second-order valence-corrected chi connectivity index (χ2v) is 5.47. The maximum atomic E-state index is 12.4. The highest BCUT2D eigenvalue weighted by Crippen LogP contribution is 2.18. The molecular formula is C18H22N2O3. The highest BCUT2D eigenvalue weighted by Gasteiger charge is 2.20. The van der Waals surface area contributed by atoms with Crippen LogP contribution < -0.4 is 10.6 Å². The molecule has 2 amide bonds. The zero-order valence-corrected chi connectivity index (χ0v) is 13.4. The van der Waals surface area contributed by atoms with Gasteiger partial charge in [0, 0.05) is 0 Å². The van der Waals surface area contributed by atoms with E-state index in [0.29, 0.717) is 5.56 Å². The minimum Gasteiger partial charge on any atom is -0.472 e. The second kappa shape index (κ2) is 8.17. The third kappa shape index (κ3) is 4.71. The van der Waals surface area contributed by atoms with E-state index in [-0.39, 0.29) is 17.9 Å². The lowest BCUT2D eigenvalue weighted by Gasteiger charge is -2.21. The van der Waals surface area contributed by atoms with Crippen molar-refractivity contribution in [3.05, 3.63) is 60.1 Å². The Morgan fingerprint density at radius 1 is 1.13 bits per heavy atom. The average Bonchev–Trinajstić information content (AvgIpc) is 3.09. The van der Waals surface area contributed by atoms with Gasteiger partial charge in [-0.1, -0.05) is 43.7 Å². The van der Waals surface area contributed by atoms with Crippen LogP contribution in [-0.2, 0) is 4.79 Å². The fourth-order valence-electron chi connectivity index (χ4n) is 2.33. The van der Waals surface area contributed by atoms with Crippen molar-refractivity contribution in [1.29, 1.82) is 0 Å². The quantitative estimate of drug-likeness (QED) is 0.825. The molecule has 2 aromatic rings. The summed E-state index contributed by atoms with van der Waals surface area (Å²) in [5.41, 5.74) is 1.47. The van der Waals surface area contributed by atoms with Crippen LogP contribution >= 0.6 is 0 Å². The molecule has 5 heteroatoms. The van der Waals surface area contributed by atoms with E-state index in [1.54, 1.807) is 13.0 Å². The lowest BCUT2D eigenvalue weighted by atomic mass is 10.0. The predicted octanol–water partition coefficient (Wildman–Crippen LogP) is 3.06. The number of amides is 2. The summed E-state index contributed by atoms with van der Waals surface area (Å²) >= 11 is 0. The Balaban J connectivity index is 1.96. The smallest absolute Gasteiger partial charge is 0.255 e. The molecule has 2 atom stereocenters. The van der Waals surface area contributed by atoms with Gasteiger partial charge in [-0.3, -0.25) is 9.59 Å². The van der Waals surface area contributed by atoms with Crippen LogP contribution in [0.2, 0.25) is 0 Å². The summed E-state index contributed by atoms with van der Waals surface area (Å²) < 4.78 is 4.87. The van der Waals surface area contributed by atoms with Crippen LogP contribution in [0.4, 0.5) is 0 Å². The molecule has 0 spiro atoms. The van der Waals surface area contributed by atoms with Gasteiger partial charge in [-0.25, -0.2) is 0 Å². The highest BCUT2D eigenvalue weighted by molar-refractivity contribution is 5.97. The van der Waals surface area contributed by atoms with Crippen LogP contribution in [0.25, 0.3) is 0 Å². The molecule has 0 saturated heterocycles. The van der Waals surface area contributed by atoms with Crippen molar-refractivity contribution in [3.8, 4) is 0 Å². The van der Waals surface area contributed by atoms with Crippen LogP contribution in [0.5, 0.6) is 0 Å². The van der Waals surface area contributed by atoms with Crippen molar-refractivity contribution in [1.82, 2.24) is 10.6 Å². The van der Waals surface area contributed by atoms with E-state index in [0.717, 1.165) is 18.4 Å². The summed E-state index contributed by atoms with van der Waals surface area (Å²) in [6.07, 6.45) is 4.57. The number of carbonyl (C=O) groups is 2. The lowest BCUT2D eigenvalue weighted by molar-refractivity contribution is -0.123. The summed E-state index contributed by atoms with van der Waals surface area (Å²) in [7, 11) is 0. The molecule has 0 aliphatic carbocycles. The summed E-state index contributed by atoms with van der Waals surface area (Å²) in [6.45, 7) is 3.74. The molecule has 1 aromatic carbocycles. The molecule has 2 N–H and O–H groups in total. The Morgan fingerprint density at radius 3 is 2.48 bits per heavy atom. The molecule has 0 fully saturated rings. The van der Waals surface area contributed by atoms with Gasteiger partial charge in [0.1, 0.15) is 12.3 Å². The number of rotatable bonds is 7. The minimum absolute atomic E-state index is 0.0537.